The van der Waals surface area contributed by atoms with E-state index in [1.807, 2.05) is 0 Å². The van der Waals surface area contributed by atoms with Crippen LogP contribution in [0.2, 0.25) is 0 Å². The third-order valence-corrected chi connectivity index (χ3v) is 3.40. The maximum absolute atomic E-state index is 11.7. The average Bonchev–Trinajstić information content (AvgIpc) is 2.30. The number of aryl methyl sites for hydroxylation is 1. The minimum Gasteiger partial charge on any atom is -0.469 e. The fraction of sp³-hybridized carbons (Fsp3) is 0.400. The van der Waals surface area contributed by atoms with Crippen LogP contribution in [0.1, 0.15) is 12.0 Å². The fourth-order valence-electron chi connectivity index (χ4n) is 1.22. The van der Waals surface area contributed by atoms with Gasteiger partial charge in [0.1, 0.15) is 5.82 Å². The van der Waals surface area contributed by atoms with Crippen molar-refractivity contribution in [2.45, 2.75) is 13.3 Å². The molecule has 0 aliphatic carbocycles. The number of nitrogens with one attached hydrogen (secondary N) is 1. The summed E-state index contributed by atoms with van der Waals surface area (Å²) < 4.78 is 30.0. The van der Waals surface area contributed by atoms with E-state index < -0.39 is 16.0 Å². The summed E-state index contributed by atoms with van der Waals surface area (Å²) in [6, 6.07) is 1.60. The van der Waals surface area contributed by atoms with Crippen LogP contribution in [0.4, 0.5) is 11.5 Å². The number of methoxy groups -OCH3 is 1. The van der Waals surface area contributed by atoms with Gasteiger partial charge in [0.15, 0.2) is 0 Å². The predicted molar refractivity (Wildman–Crippen MR) is 67.4 cm³/mol. The van der Waals surface area contributed by atoms with Gasteiger partial charge in [-0.2, -0.15) is 0 Å². The van der Waals surface area contributed by atoms with Gasteiger partial charge in [0.25, 0.3) is 0 Å². The Hall–Kier alpha value is -1.83. The van der Waals surface area contributed by atoms with Crippen molar-refractivity contribution in [2.75, 3.05) is 23.3 Å². The molecular weight excluding hydrogens is 258 g/mol. The molecule has 0 aliphatic heterocycles. The minimum absolute atomic E-state index is 0.203. The summed E-state index contributed by atoms with van der Waals surface area (Å²) in [7, 11) is -2.43. The molecule has 100 valence electrons. The largest absolute Gasteiger partial charge is 0.469 e. The van der Waals surface area contributed by atoms with Crippen molar-refractivity contribution in [3.8, 4) is 0 Å². The lowest BCUT2D eigenvalue weighted by Gasteiger charge is -2.09. The molecule has 0 bridgehead atoms. The third-order valence-electron chi connectivity index (χ3n) is 2.15. The van der Waals surface area contributed by atoms with Gasteiger partial charge in [-0.3, -0.25) is 9.52 Å². The summed E-state index contributed by atoms with van der Waals surface area (Å²) in [6.07, 6.45) is 1.14. The van der Waals surface area contributed by atoms with Gasteiger partial charge in [0, 0.05) is 0 Å². The first-order valence-electron chi connectivity index (χ1n) is 5.13. The van der Waals surface area contributed by atoms with Crippen LogP contribution in [0.25, 0.3) is 0 Å². The highest BCUT2D eigenvalue weighted by atomic mass is 32.2. The zero-order valence-electron chi connectivity index (χ0n) is 10.1. The standard InChI is InChI=1S/C10H15N3O4S/c1-7-5-8(11)6-12-10(7)13-18(15,16)4-3-9(14)17-2/h5-6H,3-4,11H2,1-2H3,(H,12,13). The molecule has 0 aliphatic rings. The number of nitrogens with zero attached hydrogens (tertiary/aromatic N) is 1. The number of sulfonamides is 1. The van der Waals surface area contributed by atoms with Crippen LogP contribution in [-0.2, 0) is 19.6 Å². The molecule has 18 heavy (non-hydrogen) atoms. The number of anilines is 2. The topological polar surface area (TPSA) is 111 Å². The zero-order chi connectivity index (χ0) is 13.8. The highest BCUT2D eigenvalue weighted by Crippen LogP contribution is 2.15. The first kappa shape index (κ1) is 14.2. The Kier molecular flexibility index (Phi) is 4.49. The number of aromatic nitrogens is 1. The predicted octanol–water partition coefficient (Wildman–Crippen LogP) is 0.277. The van der Waals surface area contributed by atoms with Crippen molar-refractivity contribution in [2.24, 2.45) is 0 Å². The summed E-state index contributed by atoms with van der Waals surface area (Å²) in [6.45, 7) is 1.68. The van der Waals surface area contributed by atoms with Crippen molar-refractivity contribution in [1.29, 1.82) is 0 Å². The lowest BCUT2D eigenvalue weighted by atomic mass is 10.3. The number of hydrogen-bond donors (Lipinski definition) is 2. The first-order chi connectivity index (χ1) is 8.34. The van der Waals surface area contributed by atoms with Gasteiger partial charge in [-0.1, -0.05) is 0 Å². The molecule has 0 saturated heterocycles. The summed E-state index contributed by atoms with van der Waals surface area (Å²) >= 11 is 0. The number of carbonyl (C=O) groups is 1. The van der Waals surface area contributed by atoms with Crippen LogP contribution in [-0.4, -0.2) is 32.2 Å². The highest BCUT2D eigenvalue weighted by Gasteiger charge is 2.15. The summed E-state index contributed by atoms with van der Waals surface area (Å²) in [4.78, 5) is 14.8. The van der Waals surface area contributed by atoms with Crippen molar-refractivity contribution in [1.82, 2.24) is 4.98 Å². The number of nitrogens with two attached hydrogens (primary N) is 1. The van der Waals surface area contributed by atoms with Gasteiger partial charge in [-0.15, -0.1) is 0 Å². The molecule has 0 radical (unpaired) electrons. The summed E-state index contributed by atoms with van der Waals surface area (Å²) in [5.41, 5.74) is 6.56. The number of carbonyl (C=O) groups excluding carboxylic acids is 1. The van der Waals surface area contributed by atoms with E-state index in [-0.39, 0.29) is 18.0 Å². The number of rotatable bonds is 5. The summed E-state index contributed by atoms with van der Waals surface area (Å²) in [5, 5.41) is 0. The van der Waals surface area contributed by atoms with E-state index >= 15 is 0 Å². The Morgan fingerprint density at radius 2 is 2.22 bits per heavy atom. The monoisotopic (exact) mass is 273 g/mol. The van der Waals surface area contributed by atoms with Gasteiger partial charge in [0.2, 0.25) is 10.0 Å². The molecule has 0 amide bonds. The van der Waals surface area contributed by atoms with Crippen molar-refractivity contribution >= 4 is 27.5 Å². The normalized spacial score (nSPS) is 11.0. The molecule has 7 nitrogen and oxygen atoms in total. The van der Waals surface area contributed by atoms with E-state index in [1.54, 1.807) is 13.0 Å². The number of esters is 1. The number of pyridine rings is 1. The number of ether oxygens (including phenoxy) is 1. The van der Waals surface area contributed by atoms with E-state index in [0.717, 1.165) is 0 Å². The van der Waals surface area contributed by atoms with E-state index in [4.69, 9.17) is 5.73 Å². The minimum atomic E-state index is -3.63. The van der Waals surface area contributed by atoms with Gasteiger partial charge in [-0.05, 0) is 18.6 Å². The summed E-state index contributed by atoms with van der Waals surface area (Å²) in [5.74, 6) is -0.734. The molecule has 1 aromatic heterocycles. The molecule has 0 spiro atoms. The second-order valence-electron chi connectivity index (χ2n) is 3.68. The quantitative estimate of drug-likeness (QED) is 0.745. The van der Waals surface area contributed by atoms with Gasteiger partial charge in [-0.25, -0.2) is 13.4 Å². The molecule has 0 unspecified atom stereocenters. The SMILES string of the molecule is COC(=O)CCS(=O)(=O)Nc1ncc(N)cc1C. The molecule has 0 aromatic carbocycles. The molecule has 0 fully saturated rings. The lowest BCUT2D eigenvalue weighted by Crippen LogP contribution is -2.20. The third kappa shape index (κ3) is 4.21. The molecule has 1 rings (SSSR count). The molecule has 0 saturated carbocycles. The van der Waals surface area contributed by atoms with Gasteiger partial charge >= 0.3 is 5.97 Å². The van der Waals surface area contributed by atoms with Crippen LogP contribution >= 0.6 is 0 Å². The fourth-order valence-corrected chi connectivity index (χ4v) is 2.27. The van der Waals surface area contributed by atoms with E-state index in [1.165, 1.54) is 13.3 Å². The molecule has 1 heterocycles. The van der Waals surface area contributed by atoms with E-state index in [0.29, 0.717) is 11.3 Å². The Morgan fingerprint density at radius 1 is 1.56 bits per heavy atom. The molecule has 1 aromatic rings. The van der Waals surface area contributed by atoms with Crippen LogP contribution in [0.15, 0.2) is 12.3 Å². The van der Waals surface area contributed by atoms with E-state index in [9.17, 15) is 13.2 Å². The van der Waals surface area contributed by atoms with Crippen molar-refractivity contribution in [3.63, 3.8) is 0 Å². The second-order valence-corrected chi connectivity index (χ2v) is 5.52. The Morgan fingerprint density at radius 3 is 2.78 bits per heavy atom. The van der Waals surface area contributed by atoms with Crippen molar-refractivity contribution in [3.05, 3.63) is 17.8 Å². The van der Waals surface area contributed by atoms with Crippen LogP contribution in [0.3, 0.4) is 0 Å². The van der Waals surface area contributed by atoms with Crippen LogP contribution in [0, 0.1) is 6.92 Å². The average molecular weight is 273 g/mol. The Bertz CT molecular complexity index is 542. The van der Waals surface area contributed by atoms with Crippen LogP contribution < -0.4 is 10.5 Å². The highest BCUT2D eigenvalue weighted by molar-refractivity contribution is 7.92. The molecule has 3 N–H and O–H groups in total. The maximum atomic E-state index is 11.7. The number of nitrogen functional groups attached to an aromatic ring is 1. The van der Waals surface area contributed by atoms with E-state index in [2.05, 4.69) is 14.4 Å². The molecule has 0 atom stereocenters. The lowest BCUT2D eigenvalue weighted by molar-refractivity contribution is -0.140. The Labute approximate surface area is 105 Å². The van der Waals surface area contributed by atoms with Gasteiger partial charge < -0.3 is 10.5 Å². The first-order valence-corrected chi connectivity index (χ1v) is 6.78. The second kappa shape index (κ2) is 5.67. The van der Waals surface area contributed by atoms with Crippen molar-refractivity contribution < 1.29 is 17.9 Å². The molecular formula is C10H15N3O4S. The van der Waals surface area contributed by atoms with Gasteiger partial charge in [0.05, 0.1) is 31.2 Å². The molecule has 8 heteroatoms. The number of hydrogen-bond acceptors (Lipinski definition) is 6. The smallest absolute Gasteiger partial charge is 0.306 e. The zero-order valence-corrected chi connectivity index (χ0v) is 11.0. The Balaban J connectivity index is 2.73. The maximum Gasteiger partial charge on any atom is 0.306 e. The van der Waals surface area contributed by atoms with Crippen LogP contribution in [0.5, 0.6) is 0 Å².